The number of methoxy groups -OCH3 is 1. The summed E-state index contributed by atoms with van der Waals surface area (Å²) in [5.41, 5.74) is 1.97. The Balaban J connectivity index is 1.31. The summed E-state index contributed by atoms with van der Waals surface area (Å²) >= 11 is 0. The monoisotopic (exact) mass is 550 g/mol. The van der Waals surface area contributed by atoms with Crippen LogP contribution in [0.5, 0.6) is 17.2 Å². The van der Waals surface area contributed by atoms with Crippen molar-refractivity contribution in [3.05, 3.63) is 53.6 Å². The summed E-state index contributed by atoms with van der Waals surface area (Å²) in [7, 11) is 3.54. The maximum Gasteiger partial charge on any atom is 0.234 e. The molecule has 40 heavy (non-hydrogen) atoms. The molecular weight excluding hydrogens is 508 g/mol. The van der Waals surface area contributed by atoms with Crippen LogP contribution in [-0.2, 0) is 27.5 Å². The summed E-state index contributed by atoms with van der Waals surface area (Å²) < 4.78 is 18.1. The van der Waals surface area contributed by atoms with Crippen molar-refractivity contribution in [2.75, 3.05) is 53.4 Å². The van der Waals surface area contributed by atoms with Gasteiger partial charge >= 0.3 is 0 Å². The van der Waals surface area contributed by atoms with Crippen LogP contribution >= 0.6 is 0 Å². The average molecular weight is 551 g/mol. The van der Waals surface area contributed by atoms with Crippen LogP contribution in [0.3, 0.4) is 0 Å². The predicted molar refractivity (Wildman–Crippen MR) is 152 cm³/mol. The highest BCUT2D eigenvalue weighted by Crippen LogP contribution is 2.33. The third-order valence-corrected chi connectivity index (χ3v) is 8.27. The molecule has 0 spiro atoms. The van der Waals surface area contributed by atoms with Crippen LogP contribution in [0.4, 0.5) is 0 Å². The van der Waals surface area contributed by atoms with E-state index in [-0.39, 0.29) is 30.5 Å². The Labute approximate surface area is 237 Å². The summed E-state index contributed by atoms with van der Waals surface area (Å²) in [6.07, 6.45) is 2.40. The predicted octanol–water partition coefficient (Wildman–Crippen LogP) is 3.27. The van der Waals surface area contributed by atoms with Gasteiger partial charge in [0.05, 0.1) is 32.4 Å². The minimum atomic E-state index is -0.287. The molecule has 5 rings (SSSR count). The van der Waals surface area contributed by atoms with Crippen molar-refractivity contribution in [2.24, 2.45) is 5.92 Å². The molecule has 2 aromatic carbocycles. The number of likely N-dealkylation sites (tertiary alicyclic amines) is 2. The fraction of sp³-hybridized carbons (Fsp3) is 0.548. The van der Waals surface area contributed by atoms with Gasteiger partial charge in [0.25, 0.3) is 0 Å². The first-order valence-electron chi connectivity index (χ1n) is 14.4. The molecule has 9 nitrogen and oxygen atoms in total. The van der Waals surface area contributed by atoms with Crippen LogP contribution in [-0.4, -0.2) is 92.1 Å². The summed E-state index contributed by atoms with van der Waals surface area (Å²) in [5, 5.41) is 3.17. The van der Waals surface area contributed by atoms with Gasteiger partial charge in [-0.25, -0.2) is 0 Å². The molecule has 3 aliphatic heterocycles. The normalized spacial score (nSPS) is 23.3. The number of piperidine rings is 1. The highest BCUT2D eigenvalue weighted by Gasteiger charge is 2.38. The van der Waals surface area contributed by atoms with Gasteiger partial charge in [0.2, 0.25) is 11.8 Å². The average Bonchev–Trinajstić information content (AvgIpc) is 3.34. The molecule has 0 radical (unpaired) electrons. The van der Waals surface area contributed by atoms with E-state index in [0.717, 1.165) is 43.6 Å². The SMILES string of the molecule is CCN1CCC(CC(=O)N2C[C@@H]3NC(=O)CN(C)Cc4ccc(OC)c(c4)Oc4cccc(c4)CO[C@H]3C2)CC1. The minimum Gasteiger partial charge on any atom is -0.493 e. The Morgan fingerprint density at radius 2 is 1.90 bits per heavy atom. The quantitative estimate of drug-likeness (QED) is 0.626. The Bertz CT molecular complexity index is 1180. The molecule has 0 saturated carbocycles. The fourth-order valence-corrected chi connectivity index (χ4v) is 5.96. The molecule has 9 heteroatoms. The molecule has 1 N–H and O–H groups in total. The van der Waals surface area contributed by atoms with Gasteiger partial charge in [0, 0.05) is 26.1 Å². The Kier molecular flexibility index (Phi) is 9.24. The fourth-order valence-electron chi connectivity index (χ4n) is 5.96. The topological polar surface area (TPSA) is 83.6 Å². The highest BCUT2D eigenvalue weighted by atomic mass is 16.5. The van der Waals surface area contributed by atoms with Gasteiger partial charge in [0.15, 0.2) is 11.5 Å². The molecule has 2 fully saturated rings. The minimum absolute atomic E-state index is 0.0820. The van der Waals surface area contributed by atoms with Crippen molar-refractivity contribution in [1.82, 2.24) is 20.0 Å². The van der Waals surface area contributed by atoms with Crippen molar-refractivity contribution in [3.63, 3.8) is 0 Å². The van der Waals surface area contributed by atoms with Gasteiger partial charge in [-0.1, -0.05) is 25.1 Å². The van der Waals surface area contributed by atoms with Crippen LogP contribution in [0.15, 0.2) is 42.5 Å². The van der Waals surface area contributed by atoms with Gasteiger partial charge in [0.1, 0.15) is 5.75 Å². The number of hydrogen-bond acceptors (Lipinski definition) is 7. The molecule has 2 atom stereocenters. The van der Waals surface area contributed by atoms with Crippen LogP contribution in [0, 0.1) is 5.92 Å². The summed E-state index contributed by atoms with van der Waals surface area (Å²) in [4.78, 5) is 32.7. The van der Waals surface area contributed by atoms with Crippen molar-refractivity contribution >= 4 is 11.8 Å². The standard InChI is InChI=1S/C31H42N4O5/c1-4-34-12-10-22(11-13-34)16-31(37)35-18-26-29(19-35)39-21-24-6-5-7-25(14-24)40-28-15-23(8-9-27(28)38-3)17-33(2)20-30(36)32-26/h5-9,14-15,22,26,29H,4,10-13,16-21H2,1-3H3,(H,32,36)/t26-,29-/m0/s1. The van der Waals surface area contributed by atoms with E-state index in [1.807, 2.05) is 59.3 Å². The lowest BCUT2D eigenvalue weighted by molar-refractivity contribution is -0.132. The molecular formula is C31H42N4O5. The summed E-state index contributed by atoms with van der Waals surface area (Å²) in [5.74, 6) is 2.45. The van der Waals surface area contributed by atoms with Crippen LogP contribution in [0.1, 0.15) is 37.3 Å². The number of ether oxygens (including phenoxy) is 3. The number of benzene rings is 2. The Morgan fingerprint density at radius 3 is 2.67 bits per heavy atom. The largest absolute Gasteiger partial charge is 0.493 e. The number of rotatable bonds is 4. The summed E-state index contributed by atoms with van der Waals surface area (Å²) in [6, 6.07) is 13.4. The van der Waals surface area contributed by atoms with Crippen molar-refractivity contribution in [1.29, 1.82) is 0 Å². The smallest absolute Gasteiger partial charge is 0.234 e. The zero-order valence-corrected chi connectivity index (χ0v) is 23.9. The molecule has 4 bridgehead atoms. The first kappa shape index (κ1) is 28.4. The first-order valence-corrected chi connectivity index (χ1v) is 14.4. The maximum absolute atomic E-state index is 13.3. The van der Waals surface area contributed by atoms with E-state index in [9.17, 15) is 9.59 Å². The van der Waals surface area contributed by atoms with Crippen LogP contribution in [0.25, 0.3) is 0 Å². The maximum atomic E-state index is 13.3. The molecule has 0 unspecified atom stereocenters. The van der Waals surface area contributed by atoms with E-state index >= 15 is 0 Å². The lowest BCUT2D eigenvalue weighted by Gasteiger charge is -2.31. The van der Waals surface area contributed by atoms with Crippen molar-refractivity contribution < 1.29 is 23.8 Å². The van der Waals surface area contributed by atoms with E-state index in [0.29, 0.717) is 55.8 Å². The van der Waals surface area contributed by atoms with Crippen molar-refractivity contribution in [2.45, 2.75) is 51.5 Å². The zero-order chi connectivity index (χ0) is 28.1. The molecule has 2 amide bonds. The number of fused-ring (bicyclic) bond motifs is 5. The first-order chi connectivity index (χ1) is 19.4. The second-order valence-electron chi connectivity index (χ2n) is 11.3. The number of hydrogen-bond donors (Lipinski definition) is 1. The molecule has 0 aromatic heterocycles. The van der Waals surface area contributed by atoms with Gasteiger partial charge in [-0.05, 0) is 80.8 Å². The zero-order valence-electron chi connectivity index (χ0n) is 23.9. The molecule has 2 saturated heterocycles. The number of nitrogens with zero attached hydrogens (tertiary/aromatic N) is 3. The molecule has 2 aromatic rings. The summed E-state index contributed by atoms with van der Waals surface area (Å²) in [6.45, 7) is 7.48. The second kappa shape index (κ2) is 13.0. The number of carbonyl (C=O) groups is 2. The highest BCUT2D eigenvalue weighted by molar-refractivity contribution is 5.79. The van der Waals surface area contributed by atoms with E-state index < -0.39 is 0 Å². The molecule has 216 valence electrons. The van der Waals surface area contributed by atoms with Gasteiger partial charge in [-0.15, -0.1) is 0 Å². The van der Waals surface area contributed by atoms with E-state index in [1.54, 1.807) is 7.11 Å². The lowest BCUT2D eigenvalue weighted by Crippen LogP contribution is -2.47. The lowest BCUT2D eigenvalue weighted by atomic mass is 9.93. The number of nitrogens with one attached hydrogen (secondary N) is 1. The third kappa shape index (κ3) is 7.13. The Morgan fingerprint density at radius 1 is 1.07 bits per heavy atom. The molecule has 3 heterocycles. The van der Waals surface area contributed by atoms with Gasteiger partial charge < -0.3 is 29.3 Å². The van der Waals surface area contributed by atoms with E-state index in [4.69, 9.17) is 14.2 Å². The molecule has 3 aliphatic rings. The van der Waals surface area contributed by atoms with E-state index in [2.05, 4.69) is 17.1 Å². The number of likely N-dealkylation sites (N-methyl/N-ethyl adjacent to an activating group) is 1. The van der Waals surface area contributed by atoms with Crippen molar-refractivity contribution in [3.8, 4) is 17.2 Å². The van der Waals surface area contributed by atoms with Gasteiger partial charge in [-0.3, -0.25) is 14.5 Å². The van der Waals surface area contributed by atoms with Crippen LogP contribution < -0.4 is 14.8 Å². The van der Waals surface area contributed by atoms with Gasteiger partial charge in [-0.2, -0.15) is 0 Å². The number of carbonyl (C=O) groups excluding carboxylic acids is 2. The second-order valence-corrected chi connectivity index (χ2v) is 11.3. The molecule has 0 aliphatic carbocycles. The van der Waals surface area contributed by atoms with E-state index in [1.165, 1.54) is 0 Å². The van der Waals surface area contributed by atoms with Crippen LogP contribution in [0.2, 0.25) is 0 Å². The Hall–Kier alpha value is -3.14. The number of amides is 2. The third-order valence-electron chi connectivity index (χ3n) is 8.27.